The molecule has 0 unspecified atom stereocenters. The first kappa shape index (κ1) is 32.2. The molecule has 0 aromatic heterocycles. The summed E-state index contributed by atoms with van der Waals surface area (Å²) in [6, 6.07) is 24.0. The molecule has 2 N–H and O–H groups in total. The van der Waals surface area contributed by atoms with E-state index >= 15 is 0 Å². The van der Waals surface area contributed by atoms with E-state index in [4.69, 9.17) is 9.47 Å². The molecular weight excluding hydrogens is 572 g/mol. The van der Waals surface area contributed by atoms with Crippen LogP contribution < -0.4 is 10.6 Å². The number of benzene rings is 4. The number of hydrogen-bond acceptors (Lipinski definition) is 6. The normalized spacial score (nSPS) is 20.8. The van der Waals surface area contributed by atoms with Gasteiger partial charge in [-0.05, 0) is 118 Å². The van der Waals surface area contributed by atoms with Crippen LogP contribution in [-0.4, -0.2) is 46.3 Å². The number of carbonyl (C=O) groups is 2. The lowest BCUT2D eigenvalue weighted by atomic mass is 9.81. The third-order valence-corrected chi connectivity index (χ3v) is 9.34. The summed E-state index contributed by atoms with van der Waals surface area (Å²) in [5.74, 6) is -0.606. The third-order valence-electron chi connectivity index (χ3n) is 9.34. The van der Waals surface area contributed by atoms with E-state index in [2.05, 4.69) is 90.3 Å². The molecule has 6 nitrogen and oxygen atoms in total. The number of piperidine rings is 2. The standard InChI is InChI=1S/C40H48N2O4/c1-37(2)21-31(22-38(3,4)41-37)45-35(43)28-16-14-25-13-15-27(17-29(25)19-28)34-20-30(18-26-11-9-10-12-33(26)34)36(44)46-32-23-39(5,6)42-40(7,8)24-32/h9-20,31-32,41-42H,21-24H2,1-8H3. The predicted molar refractivity (Wildman–Crippen MR) is 186 cm³/mol. The maximum Gasteiger partial charge on any atom is 0.338 e. The summed E-state index contributed by atoms with van der Waals surface area (Å²) in [7, 11) is 0. The van der Waals surface area contributed by atoms with Gasteiger partial charge in [-0.3, -0.25) is 0 Å². The Morgan fingerprint density at radius 2 is 1.07 bits per heavy atom. The second-order valence-electron chi connectivity index (χ2n) is 16.2. The highest BCUT2D eigenvalue weighted by Gasteiger charge is 2.40. The van der Waals surface area contributed by atoms with E-state index in [-0.39, 0.29) is 46.3 Å². The van der Waals surface area contributed by atoms with Gasteiger partial charge in [-0.15, -0.1) is 0 Å². The van der Waals surface area contributed by atoms with Gasteiger partial charge in [0.25, 0.3) is 0 Å². The molecular formula is C40H48N2O4. The molecule has 0 radical (unpaired) electrons. The van der Waals surface area contributed by atoms with Gasteiger partial charge in [-0.1, -0.05) is 42.5 Å². The highest BCUT2D eigenvalue weighted by molar-refractivity contribution is 6.05. The van der Waals surface area contributed by atoms with Crippen molar-refractivity contribution in [3.05, 3.63) is 83.9 Å². The molecule has 2 heterocycles. The number of rotatable bonds is 5. The average molecular weight is 621 g/mol. The Morgan fingerprint density at radius 3 is 1.65 bits per heavy atom. The molecule has 2 fully saturated rings. The van der Waals surface area contributed by atoms with Crippen LogP contribution in [0.2, 0.25) is 0 Å². The first-order chi connectivity index (χ1) is 21.5. The molecule has 0 saturated carbocycles. The zero-order valence-electron chi connectivity index (χ0n) is 28.5. The lowest BCUT2D eigenvalue weighted by Crippen LogP contribution is -2.59. The molecule has 6 heteroatoms. The highest BCUT2D eigenvalue weighted by Crippen LogP contribution is 2.35. The number of esters is 2. The van der Waals surface area contributed by atoms with Gasteiger partial charge in [0.15, 0.2) is 0 Å². The summed E-state index contributed by atoms with van der Waals surface area (Å²) in [6.07, 6.45) is 2.71. The van der Waals surface area contributed by atoms with Gasteiger partial charge in [0.05, 0.1) is 11.1 Å². The topological polar surface area (TPSA) is 76.7 Å². The lowest BCUT2D eigenvalue weighted by molar-refractivity contribution is -0.00764. The number of fused-ring (bicyclic) bond motifs is 2. The second kappa shape index (κ2) is 11.5. The third kappa shape index (κ3) is 7.13. The van der Waals surface area contributed by atoms with Gasteiger partial charge >= 0.3 is 11.9 Å². The Bertz CT molecular complexity index is 1790. The van der Waals surface area contributed by atoms with Gasteiger partial charge in [-0.2, -0.15) is 0 Å². The Labute approximate surface area is 273 Å². The predicted octanol–water partition coefficient (Wildman–Crippen LogP) is 8.59. The van der Waals surface area contributed by atoms with Gasteiger partial charge in [-0.25, -0.2) is 9.59 Å². The Hall–Kier alpha value is -3.74. The molecule has 0 amide bonds. The minimum atomic E-state index is -0.305. The summed E-state index contributed by atoms with van der Waals surface area (Å²) in [5, 5.41) is 11.3. The van der Waals surface area contributed by atoms with Crippen molar-refractivity contribution in [2.45, 2.75) is 115 Å². The fourth-order valence-electron chi connectivity index (χ4n) is 8.27. The van der Waals surface area contributed by atoms with Crippen molar-refractivity contribution >= 4 is 33.5 Å². The van der Waals surface area contributed by atoms with Crippen molar-refractivity contribution in [3.8, 4) is 11.1 Å². The molecule has 2 aliphatic rings. The number of carbonyl (C=O) groups excluding carboxylic acids is 2. The SMILES string of the molecule is CC1(C)CC(OC(=O)c2ccc3ccc(-c4cc(C(=O)OC5CC(C)(C)NC(C)(C)C5)cc5ccccc45)cc3c2)CC(C)(C)N1. The van der Waals surface area contributed by atoms with Crippen molar-refractivity contribution < 1.29 is 19.1 Å². The summed E-state index contributed by atoms with van der Waals surface area (Å²) in [5.41, 5.74) is 2.50. The molecule has 4 aromatic rings. The van der Waals surface area contributed by atoms with Crippen LogP contribution in [0.1, 0.15) is 102 Å². The molecule has 0 atom stereocenters. The first-order valence-corrected chi connectivity index (χ1v) is 16.5. The van der Waals surface area contributed by atoms with Crippen LogP contribution in [0.15, 0.2) is 72.8 Å². The maximum atomic E-state index is 13.6. The number of hydrogen-bond donors (Lipinski definition) is 2. The quantitative estimate of drug-likeness (QED) is 0.218. The van der Waals surface area contributed by atoms with Crippen LogP contribution >= 0.6 is 0 Å². The van der Waals surface area contributed by atoms with Gasteiger partial charge < -0.3 is 20.1 Å². The van der Waals surface area contributed by atoms with E-state index in [1.807, 2.05) is 48.5 Å². The smallest absolute Gasteiger partial charge is 0.338 e. The van der Waals surface area contributed by atoms with Crippen molar-refractivity contribution in [3.63, 3.8) is 0 Å². The van der Waals surface area contributed by atoms with E-state index in [0.717, 1.165) is 58.4 Å². The van der Waals surface area contributed by atoms with E-state index in [0.29, 0.717) is 11.1 Å². The number of nitrogens with one attached hydrogen (secondary N) is 2. The second-order valence-corrected chi connectivity index (χ2v) is 16.2. The molecule has 0 aliphatic carbocycles. The van der Waals surface area contributed by atoms with Crippen LogP contribution in [0.5, 0.6) is 0 Å². The van der Waals surface area contributed by atoms with Gasteiger partial charge in [0.2, 0.25) is 0 Å². The molecule has 0 bridgehead atoms. The zero-order chi connectivity index (χ0) is 33.1. The molecule has 2 saturated heterocycles. The molecule has 2 aliphatic heterocycles. The molecule has 4 aromatic carbocycles. The highest BCUT2D eigenvalue weighted by atomic mass is 16.5. The van der Waals surface area contributed by atoms with Crippen LogP contribution in [-0.2, 0) is 9.47 Å². The Kier molecular flexibility index (Phi) is 8.05. The molecule has 6 rings (SSSR count). The zero-order valence-corrected chi connectivity index (χ0v) is 28.5. The van der Waals surface area contributed by atoms with Gasteiger partial charge in [0.1, 0.15) is 12.2 Å². The van der Waals surface area contributed by atoms with E-state index in [1.165, 1.54) is 0 Å². The van der Waals surface area contributed by atoms with Crippen molar-refractivity contribution in [2.75, 3.05) is 0 Å². The molecule has 46 heavy (non-hydrogen) atoms. The Morgan fingerprint density at radius 1 is 0.565 bits per heavy atom. The minimum Gasteiger partial charge on any atom is -0.459 e. The monoisotopic (exact) mass is 620 g/mol. The van der Waals surface area contributed by atoms with Crippen LogP contribution in [0.3, 0.4) is 0 Å². The van der Waals surface area contributed by atoms with Crippen molar-refractivity contribution in [1.82, 2.24) is 10.6 Å². The first-order valence-electron chi connectivity index (χ1n) is 16.5. The Balaban J connectivity index is 1.30. The fraction of sp³-hybridized carbons (Fsp3) is 0.450. The fourth-order valence-corrected chi connectivity index (χ4v) is 8.27. The van der Waals surface area contributed by atoms with Crippen LogP contribution in [0.4, 0.5) is 0 Å². The van der Waals surface area contributed by atoms with E-state index < -0.39 is 0 Å². The minimum absolute atomic E-state index is 0.116. The summed E-state index contributed by atoms with van der Waals surface area (Å²) >= 11 is 0. The molecule has 242 valence electrons. The van der Waals surface area contributed by atoms with E-state index in [9.17, 15) is 9.59 Å². The van der Waals surface area contributed by atoms with Crippen molar-refractivity contribution in [1.29, 1.82) is 0 Å². The summed E-state index contributed by atoms with van der Waals surface area (Å²) in [4.78, 5) is 27.0. The van der Waals surface area contributed by atoms with Crippen LogP contribution in [0, 0.1) is 0 Å². The van der Waals surface area contributed by atoms with Crippen molar-refractivity contribution in [2.24, 2.45) is 0 Å². The molecule has 0 spiro atoms. The number of ether oxygens (including phenoxy) is 2. The average Bonchev–Trinajstić information content (AvgIpc) is 2.92. The maximum absolute atomic E-state index is 13.6. The van der Waals surface area contributed by atoms with Crippen LogP contribution in [0.25, 0.3) is 32.7 Å². The van der Waals surface area contributed by atoms with Gasteiger partial charge in [0, 0.05) is 47.8 Å². The summed E-state index contributed by atoms with van der Waals surface area (Å²) in [6.45, 7) is 17.2. The lowest BCUT2D eigenvalue weighted by Gasteiger charge is -2.45. The largest absolute Gasteiger partial charge is 0.459 e. The summed E-state index contributed by atoms with van der Waals surface area (Å²) < 4.78 is 12.2. The van der Waals surface area contributed by atoms with E-state index in [1.54, 1.807) is 0 Å².